The molecule has 1 saturated heterocycles. The highest BCUT2D eigenvalue weighted by Gasteiger charge is 2.54. The fourth-order valence-corrected chi connectivity index (χ4v) is 5.94. The molecule has 43 heavy (non-hydrogen) atoms. The Labute approximate surface area is 250 Å². The number of carboxylic acids is 3. The van der Waals surface area contributed by atoms with Crippen molar-refractivity contribution in [3.05, 3.63) is 44.5 Å². The van der Waals surface area contributed by atoms with E-state index in [1.54, 1.807) is 17.7 Å². The van der Waals surface area contributed by atoms with Crippen molar-refractivity contribution in [3.63, 3.8) is 0 Å². The molecule has 2 aromatic heterocycles. The molecular weight excluding hydrogens is 645 g/mol. The van der Waals surface area contributed by atoms with Gasteiger partial charge in [0.25, 0.3) is 11.8 Å². The zero-order valence-electron chi connectivity index (χ0n) is 21.4. The number of halogens is 3. The van der Waals surface area contributed by atoms with Crippen LogP contribution < -0.4 is 11.1 Å². The number of nitrogens with zero attached hydrogens (tertiary/aromatic N) is 4. The Bertz CT molecular complexity index is 1540. The number of thioether (sulfide) groups is 1. The first-order valence-corrected chi connectivity index (χ1v) is 14.2. The van der Waals surface area contributed by atoms with Crippen LogP contribution in [-0.2, 0) is 28.8 Å². The number of fused-ring (bicyclic) bond motifs is 1. The topological polar surface area (TPSA) is 235 Å². The monoisotopic (exact) mass is 664 g/mol. The number of aliphatic carboxylic acids is 3. The lowest BCUT2D eigenvalue weighted by molar-refractivity contribution is -0.192. The van der Waals surface area contributed by atoms with Gasteiger partial charge in [0.1, 0.15) is 22.8 Å². The van der Waals surface area contributed by atoms with E-state index in [-0.39, 0.29) is 22.2 Å². The number of allylic oxidation sites excluding steroid dienone is 1. The number of carbonyl (C=O) groups is 5. The van der Waals surface area contributed by atoms with Crippen molar-refractivity contribution in [3.8, 4) is 0 Å². The summed E-state index contributed by atoms with van der Waals surface area (Å²) in [5.74, 6) is -6.49. The standard InChI is InChI=1S/C20H18N6O7S3.C2HF3O2/c1-8-11(36-7-22-8)3-2-9-5-34-18-14(17(30)26(18)15(9)19(31)32)24-16(29)13(25-33-4-12(27)28)10-6-35-20(21)23-10;3-2(4,5)1(6)7/h2-3,6-7,14,18H,4-5H2,1H3,(H2,21,23)(H,24,29)(H,27,28)(H,31,32);(H,6,7)/t14?,18-;/m0./s1. The van der Waals surface area contributed by atoms with Gasteiger partial charge in [0.15, 0.2) is 10.8 Å². The molecule has 0 radical (unpaired) electrons. The van der Waals surface area contributed by atoms with Gasteiger partial charge in [0.05, 0.1) is 11.2 Å². The number of β-lactam (4-membered cyclic amide) rings is 1. The fraction of sp³-hybridized carbons (Fsp3) is 0.273. The highest BCUT2D eigenvalue weighted by molar-refractivity contribution is 8.00. The summed E-state index contributed by atoms with van der Waals surface area (Å²) in [6, 6.07) is -1.04. The van der Waals surface area contributed by atoms with Crippen molar-refractivity contribution in [2.45, 2.75) is 24.5 Å². The van der Waals surface area contributed by atoms with Gasteiger partial charge in [-0.1, -0.05) is 11.2 Å². The Balaban J connectivity index is 0.000000646. The van der Waals surface area contributed by atoms with Gasteiger partial charge in [0.2, 0.25) is 6.61 Å². The molecule has 15 nitrogen and oxygen atoms in total. The lowest BCUT2D eigenvalue weighted by Crippen LogP contribution is -2.71. The summed E-state index contributed by atoms with van der Waals surface area (Å²) in [5, 5.41) is 32.7. The molecule has 1 unspecified atom stereocenters. The molecule has 230 valence electrons. The van der Waals surface area contributed by atoms with Crippen LogP contribution in [0.5, 0.6) is 0 Å². The average Bonchev–Trinajstić information content (AvgIpc) is 3.54. The minimum absolute atomic E-state index is 0.0391. The van der Waals surface area contributed by atoms with Gasteiger partial charge in [-0.2, -0.15) is 13.2 Å². The molecule has 4 heterocycles. The number of nitrogen functional groups attached to an aromatic ring is 1. The minimum Gasteiger partial charge on any atom is -0.479 e. The quantitative estimate of drug-likeness (QED) is 0.145. The number of amides is 2. The number of carbonyl (C=O) groups excluding carboxylic acids is 2. The van der Waals surface area contributed by atoms with Gasteiger partial charge in [-0.05, 0) is 18.6 Å². The van der Waals surface area contributed by atoms with Crippen LogP contribution in [0.3, 0.4) is 0 Å². The smallest absolute Gasteiger partial charge is 0.479 e. The largest absolute Gasteiger partial charge is 0.490 e. The van der Waals surface area contributed by atoms with Crippen LogP contribution >= 0.6 is 34.4 Å². The maximum Gasteiger partial charge on any atom is 0.490 e. The maximum absolute atomic E-state index is 12.9. The minimum atomic E-state index is -5.08. The molecule has 21 heteroatoms. The molecule has 0 bridgehead atoms. The van der Waals surface area contributed by atoms with Crippen LogP contribution in [-0.4, -0.2) is 95.6 Å². The number of aryl methyl sites for hydroxylation is 1. The van der Waals surface area contributed by atoms with Gasteiger partial charge in [0, 0.05) is 16.0 Å². The number of aromatic nitrogens is 2. The van der Waals surface area contributed by atoms with E-state index in [0.717, 1.165) is 26.8 Å². The highest BCUT2D eigenvalue weighted by Crippen LogP contribution is 2.41. The molecule has 2 atom stereocenters. The van der Waals surface area contributed by atoms with Crippen molar-refractivity contribution >= 4 is 81.1 Å². The molecular formula is C22H19F3N6O9S3. The van der Waals surface area contributed by atoms with E-state index < -0.39 is 53.9 Å². The molecule has 0 aliphatic carbocycles. The second kappa shape index (κ2) is 13.6. The summed E-state index contributed by atoms with van der Waals surface area (Å²) in [5.41, 5.74) is 8.08. The summed E-state index contributed by atoms with van der Waals surface area (Å²) in [6.45, 7) is 1.04. The molecule has 6 N–H and O–H groups in total. The van der Waals surface area contributed by atoms with Gasteiger partial charge in [-0.3, -0.25) is 14.5 Å². The van der Waals surface area contributed by atoms with E-state index in [4.69, 9.17) is 25.6 Å². The van der Waals surface area contributed by atoms with E-state index in [9.17, 15) is 37.5 Å². The number of nitrogens with one attached hydrogen (secondary N) is 1. The van der Waals surface area contributed by atoms with Crippen LogP contribution in [0.25, 0.3) is 6.08 Å². The molecule has 2 amide bonds. The molecule has 0 aromatic carbocycles. The molecule has 0 spiro atoms. The number of hydrogen-bond donors (Lipinski definition) is 5. The number of oxime groups is 1. The molecule has 4 rings (SSSR count). The lowest BCUT2D eigenvalue weighted by atomic mass is 10.0. The second-order valence-electron chi connectivity index (χ2n) is 8.16. The van der Waals surface area contributed by atoms with Gasteiger partial charge in [-0.25, -0.2) is 24.4 Å². The van der Waals surface area contributed by atoms with Crippen LogP contribution in [0, 0.1) is 6.92 Å². The third-order valence-electron chi connectivity index (χ3n) is 5.27. The summed E-state index contributed by atoms with van der Waals surface area (Å²) in [7, 11) is 0. The Morgan fingerprint density at radius 3 is 2.42 bits per heavy atom. The Morgan fingerprint density at radius 1 is 1.23 bits per heavy atom. The normalized spacial score (nSPS) is 18.4. The fourth-order valence-electron chi connectivity index (χ4n) is 3.38. The van der Waals surface area contributed by atoms with Crippen LogP contribution in [0.2, 0.25) is 0 Å². The van der Waals surface area contributed by atoms with Crippen molar-refractivity contribution < 1.29 is 57.3 Å². The predicted molar refractivity (Wildman–Crippen MR) is 146 cm³/mol. The Hall–Kier alpha value is -4.50. The van der Waals surface area contributed by atoms with Crippen LogP contribution in [0.1, 0.15) is 16.3 Å². The third-order valence-corrected chi connectivity index (χ3v) is 8.14. The van der Waals surface area contributed by atoms with Crippen LogP contribution in [0.4, 0.5) is 18.3 Å². The first-order valence-electron chi connectivity index (χ1n) is 11.3. The first kappa shape index (κ1) is 33.0. The number of hydrogen-bond acceptors (Lipinski definition) is 13. The number of alkyl halides is 3. The van der Waals surface area contributed by atoms with E-state index in [0.29, 0.717) is 11.3 Å². The highest BCUT2D eigenvalue weighted by atomic mass is 32.2. The number of nitrogens with two attached hydrogens (primary N) is 1. The summed E-state index contributed by atoms with van der Waals surface area (Å²) >= 11 is 3.73. The lowest BCUT2D eigenvalue weighted by Gasteiger charge is -2.49. The first-order chi connectivity index (χ1) is 20.1. The molecule has 2 aromatic rings. The van der Waals surface area contributed by atoms with E-state index in [1.807, 2.05) is 6.92 Å². The molecule has 2 aliphatic rings. The SMILES string of the molecule is Cc1ncsc1C=CC1=C(C(=O)O)N2C(=O)C(NC(=O)C(=NOCC(=O)O)c3csc(N)n3)[C@@H]2SC1.O=C(O)C(F)(F)F. The number of anilines is 1. The zero-order valence-corrected chi connectivity index (χ0v) is 23.8. The van der Waals surface area contributed by atoms with Gasteiger partial charge >= 0.3 is 24.1 Å². The number of carboxylic acid groups (broad SMARTS) is 3. The molecule has 0 saturated carbocycles. The zero-order chi connectivity index (χ0) is 32.1. The van der Waals surface area contributed by atoms with Crippen LogP contribution in [0.15, 0.2) is 33.4 Å². The van der Waals surface area contributed by atoms with Crippen molar-refractivity contribution in [1.29, 1.82) is 0 Å². The average molecular weight is 665 g/mol. The third kappa shape index (κ3) is 8.08. The number of thiazole rings is 2. The van der Waals surface area contributed by atoms with E-state index >= 15 is 0 Å². The van der Waals surface area contributed by atoms with E-state index in [1.165, 1.54) is 28.5 Å². The van der Waals surface area contributed by atoms with Crippen molar-refractivity contribution in [2.24, 2.45) is 5.16 Å². The van der Waals surface area contributed by atoms with Crippen molar-refractivity contribution in [1.82, 2.24) is 20.2 Å². The van der Waals surface area contributed by atoms with E-state index in [2.05, 4.69) is 20.4 Å². The summed E-state index contributed by atoms with van der Waals surface area (Å²) in [6.07, 6.45) is -1.67. The predicted octanol–water partition coefficient (Wildman–Crippen LogP) is 1.38. The Morgan fingerprint density at radius 2 is 1.91 bits per heavy atom. The van der Waals surface area contributed by atoms with Gasteiger partial charge in [-0.15, -0.1) is 34.4 Å². The summed E-state index contributed by atoms with van der Waals surface area (Å²) < 4.78 is 31.7. The number of rotatable bonds is 9. The molecule has 2 aliphatic heterocycles. The second-order valence-corrected chi connectivity index (χ2v) is 11.0. The van der Waals surface area contributed by atoms with Gasteiger partial charge < -0.3 is 31.2 Å². The summed E-state index contributed by atoms with van der Waals surface area (Å²) in [4.78, 5) is 72.3. The molecule has 1 fully saturated rings. The maximum atomic E-state index is 12.9. The van der Waals surface area contributed by atoms with Crippen molar-refractivity contribution in [2.75, 3.05) is 18.1 Å². The Kier molecular flexibility index (Phi) is 10.5.